The molecule has 1 atom stereocenters. The van der Waals surface area contributed by atoms with Crippen molar-refractivity contribution < 1.29 is 4.79 Å². The standard InChI is InChI=1S/C19H24N2O/c22-19(12-11-16-7-2-1-3-8-16)21-14-6-9-17(15-21)18-10-4-5-13-20-18/h1-3,7-8,11-12,15,18,20H,4-6,9-10,13-14H2. The van der Waals surface area contributed by atoms with E-state index in [-0.39, 0.29) is 5.91 Å². The average Bonchev–Trinajstić information content (AvgIpc) is 2.61. The van der Waals surface area contributed by atoms with E-state index in [1.807, 2.05) is 41.3 Å². The number of carbonyl (C=O) groups is 1. The first-order chi connectivity index (χ1) is 10.8. The van der Waals surface area contributed by atoms with E-state index >= 15 is 0 Å². The molecule has 0 bridgehead atoms. The third kappa shape index (κ3) is 3.86. The van der Waals surface area contributed by atoms with Gasteiger partial charge in [-0.15, -0.1) is 0 Å². The van der Waals surface area contributed by atoms with Gasteiger partial charge in [0.2, 0.25) is 0 Å². The van der Waals surface area contributed by atoms with Crippen molar-refractivity contribution in [2.45, 2.75) is 38.1 Å². The van der Waals surface area contributed by atoms with Gasteiger partial charge in [-0.25, -0.2) is 0 Å². The number of benzene rings is 1. The van der Waals surface area contributed by atoms with Gasteiger partial charge in [-0.2, -0.15) is 0 Å². The Balaban J connectivity index is 1.65. The van der Waals surface area contributed by atoms with Crippen LogP contribution < -0.4 is 5.32 Å². The monoisotopic (exact) mass is 296 g/mol. The molecule has 0 aromatic heterocycles. The van der Waals surface area contributed by atoms with Crippen LogP contribution in [0.1, 0.15) is 37.7 Å². The molecule has 0 aliphatic carbocycles. The molecule has 3 rings (SSSR count). The topological polar surface area (TPSA) is 32.3 Å². The molecule has 1 saturated heterocycles. The highest BCUT2D eigenvalue weighted by molar-refractivity contribution is 5.92. The molecule has 3 heteroatoms. The van der Waals surface area contributed by atoms with E-state index in [9.17, 15) is 4.79 Å². The number of piperidine rings is 1. The van der Waals surface area contributed by atoms with Crippen molar-refractivity contribution >= 4 is 12.0 Å². The van der Waals surface area contributed by atoms with Crippen molar-refractivity contribution in [3.05, 3.63) is 53.7 Å². The van der Waals surface area contributed by atoms with Crippen LogP contribution in [-0.4, -0.2) is 29.9 Å². The predicted molar refractivity (Wildman–Crippen MR) is 90.1 cm³/mol. The molecule has 3 nitrogen and oxygen atoms in total. The minimum absolute atomic E-state index is 0.0804. The lowest BCUT2D eigenvalue weighted by Gasteiger charge is -2.31. The van der Waals surface area contributed by atoms with E-state index < -0.39 is 0 Å². The van der Waals surface area contributed by atoms with E-state index in [1.165, 1.54) is 24.8 Å². The lowest BCUT2D eigenvalue weighted by molar-refractivity contribution is -0.123. The Hall–Kier alpha value is -1.87. The van der Waals surface area contributed by atoms with Crippen LogP contribution in [0.15, 0.2) is 48.2 Å². The first-order valence-electron chi connectivity index (χ1n) is 8.30. The Kier molecular flexibility index (Phi) is 5.07. The molecular weight excluding hydrogens is 272 g/mol. The minimum atomic E-state index is 0.0804. The summed E-state index contributed by atoms with van der Waals surface area (Å²) in [6.07, 6.45) is 11.6. The molecule has 1 fully saturated rings. The summed E-state index contributed by atoms with van der Waals surface area (Å²) in [5, 5.41) is 3.58. The summed E-state index contributed by atoms with van der Waals surface area (Å²) in [7, 11) is 0. The molecule has 116 valence electrons. The van der Waals surface area contributed by atoms with E-state index in [1.54, 1.807) is 6.08 Å². The SMILES string of the molecule is O=C(C=Cc1ccccc1)N1C=C(C2CCCCN2)CCC1. The van der Waals surface area contributed by atoms with Gasteiger partial charge in [0.05, 0.1) is 0 Å². The molecule has 2 heterocycles. The van der Waals surface area contributed by atoms with Crippen LogP contribution in [0.25, 0.3) is 6.08 Å². The van der Waals surface area contributed by atoms with Crippen molar-refractivity contribution in [1.29, 1.82) is 0 Å². The van der Waals surface area contributed by atoms with Gasteiger partial charge in [0.15, 0.2) is 0 Å². The molecule has 2 aliphatic heterocycles. The second-order valence-corrected chi connectivity index (χ2v) is 6.09. The Morgan fingerprint density at radius 1 is 1.18 bits per heavy atom. The van der Waals surface area contributed by atoms with Gasteiger partial charge in [0.1, 0.15) is 0 Å². The summed E-state index contributed by atoms with van der Waals surface area (Å²) < 4.78 is 0. The van der Waals surface area contributed by atoms with Crippen molar-refractivity contribution in [1.82, 2.24) is 10.2 Å². The van der Waals surface area contributed by atoms with Gasteiger partial charge >= 0.3 is 0 Å². The van der Waals surface area contributed by atoms with Crippen molar-refractivity contribution in [2.24, 2.45) is 0 Å². The third-order valence-corrected chi connectivity index (χ3v) is 4.45. The maximum atomic E-state index is 12.4. The predicted octanol–water partition coefficient (Wildman–Crippen LogP) is 3.35. The van der Waals surface area contributed by atoms with E-state index in [2.05, 4.69) is 11.5 Å². The highest BCUT2D eigenvalue weighted by atomic mass is 16.2. The van der Waals surface area contributed by atoms with Crippen molar-refractivity contribution in [2.75, 3.05) is 13.1 Å². The van der Waals surface area contributed by atoms with E-state index in [0.717, 1.165) is 31.5 Å². The maximum absolute atomic E-state index is 12.4. The normalized spacial score (nSPS) is 22.6. The summed E-state index contributed by atoms with van der Waals surface area (Å²) in [5.74, 6) is 0.0804. The van der Waals surface area contributed by atoms with Gasteiger partial charge in [-0.05, 0) is 49.4 Å². The van der Waals surface area contributed by atoms with Crippen LogP contribution in [0.3, 0.4) is 0 Å². The lowest BCUT2D eigenvalue weighted by Crippen LogP contribution is -2.39. The maximum Gasteiger partial charge on any atom is 0.250 e. The first kappa shape index (κ1) is 15.0. The highest BCUT2D eigenvalue weighted by Crippen LogP contribution is 2.23. The van der Waals surface area contributed by atoms with E-state index in [4.69, 9.17) is 0 Å². The van der Waals surface area contributed by atoms with E-state index in [0.29, 0.717) is 6.04 Å². The van der Waals surface area contributed by atoms with Crippen LogP contribution in [-0.2, 0) is 4.79 Å². The second-order valence-electron chi connectivity index (χ2n) is 6.09. The molecule has 22 heavy (non-hydrogen) atoms. The van der Waals surface area contributed by atoms with Crippen LogP contribution in [0.4, 0.5) is 0 Å². The fourth-order valence-corrected chi connectivity index (χ4v) is 3.22. The fourth-order valence-electron chi connectivity index (χ4n) is 3.22. The Bertz CT molecular complexity index is 556. The molecule has 1 aromatic rings. The Labute approximate surface area is 132 Å². The largest absolute Gasteiger partial charge is 0.316 e. The van der Waals surface area contributed by atoms with Crippen LogP contribution >= 0.6 is 0 Å². The molecule has 1 aromatic carbocycles. The van der Waals surface area contributed by atoms with Gasteiger partial charge in [0, 0.05) is 24.9 Å². The molecule has 2 aliphatic rings. The average molecular weight is 296 g/mol. The summed E-state index contributed by atoms with van der Waals surface area (Å²) >= 11 is 0. The summed E-state index contributed by atoms with van der Waals surface area (Å²) in [6, 6.07) is 10.4. The molecule has 1 N–H and O–H groups in total. The molecule has 0 saturated carbocycles. The van der Waals surface area contributed by atoms with Crippen LogP contribution in [0, 0.1) is 0 Å². The summed E-state index contributed by atoms with van der Waals surface area (Å²) in [6.45, 7) is 1.93. The molecule has 1 amide bonds. The molecule has 0 spiro atoms. The number of hydrogen-bond acceptors (Lipinski definition) is 2. The molecule has 0 radical (unpaired) electrons. The highest BCUT2D eigenvalue weighted by Gasteiger charge is 2.22. The van der Waals surface area contributed by atoms with Crippen LogP contribution in [0.5, 0.6) is 0 Å². The van der Waals surface area contributed by atoms with Gasteiger partial charge in [-0.3, -0.25) is 4.79 Å². The van der Waals surface area contributed by atoms with Gasteiger partial charge in [-0.1, -0.05) is 36.8 Å². The molecule has 1 unspecified atom stereocenters. The number of nitrogens with one attached hydrogen (secondary N) is 1. The first-order valence-corrected chi connectivity index (χ1v) is 8.30. The number of nitrogens with zero attached hydrogens (tertiary/aromatic N) is 1. The third-order valence-electron chi connectivity index (χ3n) is 4.45. The van der Waals surface area contributed by atoms with Crippen molar-refractivity contribution in [3.63, 3.8) is 0 Å². The number of carbonyl (C=O) groups excluding carboxylic acids is 1. The van der Waals surface area contributed by atoms with Crippen molar-refractivity contribution in [3.8, 4) is 0 Å². The second kappa shape index (κ2) is 7.41. The molecular formula is C19H24N2O. The number of rotatable bonds is 3. The summed E-state index contributed by atoms with van der Waals surface area (Å²) in [5.41, 5.74) is 2.46. The summed E-state index contributed by atoms with van der Waals surface area (Å²) in [4.78, 5) is 14.2. The van der Waals surface area contributed by atoms with Gasteiger partial charge < -0.3 is 10.2 Å². The van der Waals surface area contributed by atoms with Crippen LogP contribution in [0.2, 0.25) is 0 Å². The quantitative estimate of drug-likeness (QED) is 0.868. The zero-order valence-electron chi connectivity index (χ0n) is 13.0. The zero-order chi connectivity index (χ0) is 15.2. The zero-order valence-corrected chi connectivity index (χ0v) is 13.0. The lowest BCUT2D eigenvalue weighted by atomic mass is 9.93. The van der Waals surface area contributed by atoms with Gasteiger partial charge in [0.25, 0.3) is 5.91 Å². The minimum Gasteiger partial charge on any atom is -0.316 e. The fraction of sp³-hybridized carbons (Fsp3) is 0.421. The Morgan fingerprint density at radius 3 is 2.82 bits per heavy atom. The number of hydrogen-bond donors (Lipinski definition) is 1. The number of amides is 1. The Morgan fingerprint density at radius 2 is 2.05 bits per heavy atom. The smallest absolute Gasteiger partial charge is 0.250 e.